The SMILES string of the molecule is C=C(C)C(=O)C(C)(C)N[C@H]1CCCCCC[C@H]1C(=O)[C@@](C)(CC)N1C(=O)[C@@H]2CCCCCC[C@@H]21. The summed E-state index contributed by atoms with van der Waals surface area (Å²) < 4.78 is 0. The summed E-state index contributed by atoms with van der Waals surface area (Å²) in [6, 6.07) is 0.143. The fourth-order valence-corrected chi connectivity index (χ4v) is 6.83. The van der Waals surface area contributed by atoms with E-state index in [9.17, 15) is 14.4 Å². The molecule has 0 bridgehead atoms. The molecule has 5 atom stereocenters. The molecular formula is C29H48N2O3. The molecule has 3 rings (SSSR count). The van der Waals surface area contributed by atoms with Crippen molar-refractivity contribution in [3.05, 3.63) is 12.2 Å². The van der Waals surface area contributed by atoms with Crippen LogP contribution in [0.5, 0.6) is 0 Å². The Labute approximate surface area is 207 Å². The van der Waals surface area contributed by atoms with Gasteiger partial charge in [0.25, 0.3) is 0 Å². The van der Waals surface area contributed by atoms with E-state index in [1.54, 1.807) is 6.92 Å². The number of amides is 1. The van der Waals surface area contributed by atoms with Gasteiger partial charge in [0.15, 0.2) is 11.6 Å². The number of carbonyl (C=O) groups excluding carboxylic acids is 3. The maximum Gasteiger partial charge on any atom is 0.228 e. The van der Waals surface area contributed by atoms with Crippen LogP contribution >= 0.6 is 0 Å². The van der Waals surface area contributed by atoms with Gasteiger partial charge in [-0.25, -0.2) is 0 Å². The Morgan fingerprint density at radius 2 is 1.50 bits per heavy atom. The number of hydrogen-bond donors (Lipinski definition) is 1. The minimum atomic E-state index is -0.774. The zero-order valence-electron chi connectivity index (χ0n) is 22.4. The molecule has 2 saturated carbocycles. The molecule has 192 valence electrons. The lowest BCUT2D eigenvalue weighted by atomic mass is 9.69. The van der Waals surface area contributed by atoms with Crippen molar-refractivity contribution in [1.82, 2.24) is 10.2 Å². The molecule has 0 aromatic carbocycles. The lowest BCUT2D eigenvalue weighted by Gasteiger charge is -2.57. The van der Waals surface area contributed by atoms with Crippen molar-refractivity contribution in [2.45, 2.75) is 141 Å². The zero-order chi connectivity index (χ0) is 25.1. The fourth-order valence-electron chi connectivity index (χ4n) is 6.83. The van der Waals surface area contributed by atoms with Gasteiger partial charge in [0.1, 0.15) is 0 Å². The molecule has 3 fully saturated rings. The monoisotopic (exact) mass is 472 g/mol. The van der Waals surface area contributed by atoms with Crippen LogP contribution in [0.15, 0.2) is 12.2 Å². The zero-order valence-corrected chi connectivity index (χ0v) is 22.4. The number of nitrogens with one attached hydrogen (secondary N) is 1. The van der Waals surface area contributed by atoms with Crippen molar-refractivity contribution in [2.75, 3.05) is 0 Å². The summed E-state index contributed by atoms with van der Waals surface area (Å²) in [7, 11) is 0. The first-order valence-corrected chi connectivity index (χ1v) is 13.9. The summed E-state index contributed by atoms with van der Waals surface area (Å²) in [6.07, 6.45) is 13.4. The number of hydrogen-bond acceptors (Lipinski definition) is 4. The van der Waals surface area contributed by atoms with E-state index in [2.05, 4.69) is 18.8 Å². The molecular weight excluding hydrogens is 424 g/mol. The normalized spacial score (nSPS) is 30.5. The predicted octanol–water partition coefficient (Wildman–Crippen LogP) is 5.76. The van der Waals surface area contributed by atoms with Gasteiger partial charge in [0, 0.05) is 18.0 Å². The summed E-state index contributed by atoms with van der Waals surface area (Å²) in [6.45, 7) is 13.5. The Bertz CT molecular complexity index is 788. The van der Waals surface area contributed by atoms with Crippen molar-refractivity contribution < 1.29 is 14.4 Å². The standard InChI is InChI=1S/C29H48N2O3/c1-7-29(6,31-24-19-15-11-9-13-17-22(24)27(31)34)26(33)21-16-12-8-10-14-18-23(21)30-28(4,5)25(32)20(2)3/h21-24,30H,2,7-19H2,1,3-6H3/t21-,22-,23+,24+,29-/m1/s1. The van der Waals surface area contributed by atoms with Crippen LogP contribution in [0.1, 0.15) is 118 Å². The molecule has 0 radical (unpaired) electrons. The summed E-state index contributed by atoms with van der Waals surface area (Å²) >= 11 is 0. The van der Waals surface area contributed by atoms with Crippen LogP contribution in [0.2, 0.25) is 0 Å². The second-order valence-electron chi connectivity index (χ2n) is 11.9. The third-order valence-electron chi connectivity index (χ3n) is 8.97. The number of β-lactam (4-membered cyclic amide) rings is 1. The predicted molar refractivity (Wildman–Crippen MR) is 138 cm³/mol. The molecule has 0 aromatic rings. The second-order valence-corrected chi connectivity index (χ2v) is 11.9. The van der Waals surface area contributed by atoms with Crippen molar-refractivity contribution >= 4 is 17.5 Å². The van der Waals surface area contributed by atoms with Gasteiger partial charge in [-0.1, -0.05) is 64.9 Å². The maximum atomic E-state index is 14.4. The van der Waals surface area contributed by atoms with E-state index >= 15 is 0 Å². The van der Waals surface area contributed by atoms with Crippen molar-refractivity contribution in [1.29, 1.82) is 0 Å². The third-order valence-corrected chi connectivity index (χ3v) is 8.97. The van der Waals surface area contributed by atoms with Gasteiger partial charge in [-0.3, -0.25) is 14.4 Å². The number of ketones is 2. The average Bonchev–Trinajstić information content (AvgIpc) is 2.76. The van der Waals surface area contributed by atoms with Gasteiger partial charge < -0.3 is 10.2 Å². The number of likely N-dealkylation sites (tertiary alicyclic amines) is 1. The first kappa shape index (κ1) is 27.1. The van der Waals surface area contributed by atoms with E-state index in [-0.39, 0.29) is 41.4 Å². The van der Waals surface area contributed by atoms with Crippen molar-refractivity contribution in [3.63, 3.8) is 0 Å². The largest absolute Gasteiger partial charge is 0.326 e. The Morgan fingerprint density at radius 3 is 2.09 bits per heavy atom. The minimum absolute atomic E-state index is 0.00528. The molecule has 0 spiro atoms. The van der Waals surface area contributed by atoms with Crippen LogP contribution in [0, 0.1) is 11.8 Å². The van der Waals surface area contributed by atoms with Crippen LogP contribution in [-0.2, 0) is 14.4 Å². The minimum Gasteiger partial charge on any atom is -0.326 e. The fraction of sp³-hybridized carbons (Fsp3) is 0.828. The van der Waals surface area contributed by atoms with Gasteiger partial charge in [-0.2, -0.15) is 0 Å². The maximum absolute atomic E-state index is 14.4. The van der Waals surface area contributed by atoms with E-state index in [0.29, 0.717) is 12.0 Å². The van der Waals surface area contributed by atoms with Crippen LogP contribution in [0.25, 0.3) is 0 Å². The van der Waals surface area contributed by atoms with Crippen molar-refractivity contribution in [3.8, 4) is 0 Å². The molecule has 5 nitrogen and oxygen atoms in total. The van der Waals surface area contributed by atoms with Crippen molar-refractivity contribution in [2.24, 2.45) is 11.8 Å². The average molecular weight is 473 g/mol. The summed E-state index contributed by atoms with van der Waals surface area (Å²) in [5.41, 5.74) is -1.01. The topological polar surface area (TPSA) is 66.5 Å². The van der Waals surface area contributed by atoms with Crippen LogP contribution in [0.3, 0.4) is 0 Å². The number of fused-ring (bicyclic) bond motifs is 1. The van der Waals surface area contributed by atoms with Gasteiger partial charge in [0.05, 0.1) is 17.0 Å². The molecule has 1 N–H and O–H groups in total. The highest BCUT2D eigenvalue weighted by Crippen LogP contribution is 2.44. The van der Waals surface area contributed by atoms with Gasteiger partial charge >= 0.3 is 0 Å². The summed E-state index contributed by atoms with van der Waals surface area (Å²) in [4.78, 5) is 42.6. The van der Waals surface area contributed by atoms with Crippen LogP contribution in [-0.4, -0.2) is 45.5 Å². The van der Waals surface area contributed by atoms with E-state index in [1.807, 2.05) is 25.7 Å². The number of carbonyl (C=O) groups is 3. The van der Waals surface area contributed by atoms with E-state index in [0.717, 1.165) is 64.2 Å². The highest BCUT2D eigenvalue weighted by atomic mass is 16.2. The van der Waals surface area contributed by atoms with E-state index in [4.69, 9.17) is 0 Å². The van der Waals surface area contributed by atoms with Gasteiger partial charge in [0.2, 0.25) is 5.91 Å². The highest BCUT2D eigenvalue weighted by Gasteiger charge is 2.57. The van der Waals surface area contributed by atoms with Crippen LogP contribution in [0.4, 0.5) is 0 Å². The molecule has 1 heterocycles. The molecule has 34 heavy (non-hydrogen) atoms. The Kier molecular flexibility index (Phi) is 8.81. The smallest absolute Gasteiger partial charge is 0.228 e. The first-order valence-electron chi connectivity index (χ1n) is 13.9. The number of Topliss-reactive ketones (excluding diaryl/α,β-unsaturated/α-hetero) is 2. The quantitative estimate of drug-likeness (QED) is 0.360. The lowest BCUT2D eigenvalue weighted by Crippen LogP contribution is -2.72. The molecule has 3 aliphatic rings. The first-order chi connectivity index (χ1) is 16.0. The molecule has 0 aromatic heterocycles. The Hall–Kier alpha value is -1.49. The van der Waals surface area contributed by atoms with E-state index in [1.165, 1.54) is 12.8 Å². The van der Waals surface area contributed by atoms with Gasteiger partial charge in [-0.05, 0) is 65.4 Å². The molecule has 1 amide bonds. The third kappa shape index (κ3) is 5.34. The molecule has 1 aliphatic heterocycles. The molecule has 5 heteroatoms. The second kappa shape index (κ2) is 11.1. The number of nitrogens with zero attached hydrogens (tertiary/aromatic N) is 1. The lowest BCUT2D eigenvalue weighted by molar-refractivity contribution is -0.176. The van der Waals surface area contributed by atoms with Crippen LogP contribution < -0.4 is 5.32 Å². The summed E-state index contributed by atoms with van der Waals surface area (Å²) in [5.74, 6) is 0.300. The highest BCUT2D eigenvalue weighted by molar-refractivity contribution is 6.01. The molecule has 2 aliphatic carbocycles. The Balaban J connectivity index is 1.87. The van der Waals surface area contributed by atoms with E-state index < -0.39 is 11.1 Å². The molecule has 0 unspecified atom stereocenters. The molecule has 1 saturated heterocycles. The Morgan fingerprint density at radius 1 is 0.941 bits per heavy atom. The van der Waals surface area contributed by atoms with Gasteiger partial charge in [-0.15, -0.1) is 0 Å². The number of rotatable bonds is 8. The summed E-state index contributed by atoms with van der Waals surface area (Å²) in [5, 5.41) is 3.60.